The molecule has 0 aliphatic carbocycles. The van der Waals surface area contributed by atoms with Crippen LogP contribution in [0.1, 0.15) is 22.3 Å². The molecule has 6 heteroatoms. The van der Waals surface area contributed by atoms with Crippen molar-refractivity contribution >= 4 is 11.8 Å². The Labute approximate surface area is 146 Å². The number of carbonyl (C=O) groups excluding carboxylic acids is 2. The third-order valence-corrected chi connectivity index (χ3v) is 3.69. The van der Waals surface area contributed by atoms with Crippen LogP contribution in [0.25, 0.3) is 0 Å². The van der Waals surface area contributed by atoms with Gasteiger partial charge < -0.3 is 15.0 Å². The number of nitrogens with zero attached hydrogens (tertiary/aromatic N) is 1. The zero-order valence-corrected chi connectivity index (χ0v) is 14.3. The fourth-order valence-electron chi connectivity index (χ4n) is 2.25. The number of nitrogens with one attached hydrogen (secondary N) is 1. The molecule has 2 rings (SSSR count). The van der Waals surface area contributed by atoms with Gasteiger partial charge in [-0.15, -0.1) is 0 Å². The first-order valence-corrected chi connectivity index (χ1v) is 7.93. The molecule has 0 saturated heterocycles. The largest absolute Gasteiger partial charge is 0.493 e. The van der Waals surface area contributed by atoms with Crippen LogP contribution < -0.4 is 10.1 Å². The van der Waals surface area contributed by atoms with E-state index in [0.29, 0.717) is 17.9 Å². The summed E-state index contributed by atoms with van der Waals surface area (Å²) in [5, 5.41) is 2.56. The first-order chi connectivity index (χ1) is 12.0. The molecule has 0 atom stereocenters. The molecule has 0 radical (unpaired) electrons. The standard InChI is InChI=1S/C19H21FN2O3/c1-21-19(24)15-5-3-14(4-6-15)13-22(2)18(23)11-12-25-17-9-7-16(20)8-10-17/h3-10H,11-13H2,1-2H3,(H,21,24). The monoisotopic (exact) mass is 344 g/mol. The SMILES string of the molecule is CNC(=O)c1ccc(CN(C)C(=O)CCOc2ccc(F)cc2)cc1. The van der Waals surface area contributed by atoms with Gasteiger partial charge in [-0.1, -0.05) is 12.1 Å². The van der Waals surface area contributed by atoms with Crippen molar-refractivity contribution in [3.63, 3.8) is 0 Å². The lowest BCUT2D eigenvalue weighted by atomic mass is 10.1. The lowest BCUT2D eigenvalue weighted by Crippen LogP contribution is -2.27. The molecule has 0 aliphatic rings. The number of hydrogen-bond acceptors (Lipinski definition) is 3. The third-order valence-electron chi connectivity index (χ3n) is 3.69. The number of halogens is 1. The smallest absolute Gasteiger partial charge is 0.251 e. The van der Waals surface area contributed by atoms with E-state index in [2.05, 4.69) is 5.32 Å². The van der Waals surface area contributed by atoms with E-state index in [9.17, 15) is 14.0 Å². The third kappa shape index (κ3) is 5.60. The van der Waals surface area contributed by atoms with Gasteiger partial charge in [0.15, 0.2) is 0 Å². The summed E-state index contributed by atoms with van der Waals surface area (Å²) < 4.78 is 18.2. The van der Waals surface area contributed by atoms with Gasteiger partial charge in [0, 0.05) is 26.2 Å². The molecule has 0 fully saturated rings. The highest BCUT2D eigenvalue weighted by Crippen LogP contribution is 2.12. The van der Waals surface area contributed by atoms with Gasteiger partial charge in [0.1, 0.15) is 11.6 Å². The lowest BCUT2D eigenvalue weighted by molar-refractivity contribution is -0.130. The molecule has 25 heavy (non-hydrogen) atoms. The van der Waals surface area contributed by atoms with Gasteiger partial charge in [0.05, 0.1) is 13.0 Å². The number of ether oxygens (including phenoxy) is 1. The summed E-state index contributed by atoms with van der Waals surface area (Å²) in [6.07, 6.45) is 0.226. The molecule has 5 nitrogen and oxygen atoms in total. The molecule has 2 amide bonds. The van der Waals surface area contributed by atoms with Crippen LogP contribution in [0.5, 0.6) is 5.75 Å². The molecule has 1 N–H and O–H groups in total. The van der Waals surface area contributed by atoms with E-state index in [0.717, 1.165) is 5.56 Å². The second kappa shape index (κ2) is 8.82. The Morgan fingerprint density at radius 2 is 1.72 bits per heavy atom. The summed E-state index contributed by atoms with van der Waals surface area (Å²) in [6, 6.07) is 12.8. The van der Waals surface area contributed by atoms with Crippen molar-refractivity contribution < 1.29 is 18.7 Å². The van der Waals surface area contributed by atoms with E-state index in [4.69, 9.17) is 4.74 Å². The maximum Gasteiger partial charge on any atom is 0.251 e. The highest BCUT2D eigenvalue weighted by Gasteiger charge is 2.10. The zero-order valence-electron chi connectivity index (χ0n) is 14.3. The van der Waals surface area contributed by atoms with E-state index in [1.54, 1.807) is 31.1 Å². The van der Waals surface area contributed by atoms with Crippen LogP contribution in [0.2, 0.25) is 0 Å². The topological polar surface area (TPSA) is 58.6 Å². The Morgan fingerprint density at radius 1 is 1.08 bits per heavy atom. The fourth-order valence-corrected chi connectivity index (χ4v) is 2.25. The van der Waals surface area contributed by atoms with Crippen molar-refractivity contribution in [3.05, 3.63) is 65.5 Å². The lowest BCUT2D eigenvalue weighted by Gasteiger charge is -2.17. The molecule has 0 spiro atoms. The second-order valence-electron chi connectivity index (χ2n) is 5.58. The van der Waals surface area contributed by atoms with Crippen molar-refractivity contribution in [2.45, 2.75) is 13.0 Å². The molecule has 0 aliphatic heterocycles. The molecular formula is C19H21FN2O3. The summed E-state index contributed by atoms with van der Waals surface area (Å²) in [7, 11) is 3.30. The summed E-state index contributed by atoms with van der Waals surface area (Å²) in [6.45, 7) is 0.674. The molecule has 2 aromatic rings. The van der Waals surface area contributed by atoms with Crippen molar-refractivity contribution in [2.75, 3.05) is 20.7 Å². The Balaban J connectivity index is 1.79. The summed E-state index contributed by atoms with van der Waals surface area (Å²) in [5.74, 6) is -0.00125. The number of benzene rings is 2. The van der Waals surface area contributed by atoms with Gasteiger partial charge in [-0.25, -0.2) is 4.39 Å². The predicted octanol–water partition coefficient (Wildman–Crippen LogP) is 2.61. The zero-order chi connectivity index (χ0) is 18.2. The quantitative estimate of drug-likeness (QED) is 0.840. The van der Waals surface area contributed by atoms with Crippen LogP contribution in [0, 0.1) is 5.82 Å². The number of hydrogen-bond donors (Lipinski definition) is 1. The van der Waals surface area contributed by atoms with Gasteiger partial charge in [-0.2, -0.15) is 0 Å². The minimum Gasteiger partial charge on any atom is -0.493 e. The Bertz CT molecular complexity index is 714. The number of rotatable bonds is 7. The molecule has 0 bridgehead atoms. The van der Waals surface area contributed by atoms with E-state index in [1.165, 1.54) is 24.3 Å². The van der Waals surface area contributed by atoms with Crippen molar-refractivity contribution in [3.8, 4) is 5.75 Å². The summed E-state index contributed by atoms with van der Waals surface area (Å²) in [5.41, 5.74) is 1.51. The normalized spacial score (nSPS) is 10.2. The average molecular weight is 344 g/mol. The molecular weight excluding hydrogens is 323 g/mol. The van der Waals surface area contributed by atoms with Gasteiger partial charge in [0.2, 0.25) is 5.91 Å². The molecule has 0 saturated carbocycles. The fraction of sp³-hybridized carbons (Fsp3) is 0.263. The Morgan fingerprint density at radius 3 is 2.32 bits per heavy atom. The van der Waals surface area contributed by atoms with Crippen LogP contribution in [0.4, 0.5) is 4.39 Å². The summed E-state index contributed by atoms with van der Waals surface area (Å²) in [4.78, 5) is 25.2. The van der Waals surface area contributed by atoms with Crippen LogP contribution in [-0.2, 0) is 11.3 Å². The van der Waals surface area contributed by atoms with Crippen LogP contribution in [0.15, 0.2) is 48.5 Å². The predicted molar refractivity (Wildman–Crippen MR) is 92.8 cm³/mol. The summed E-state index contributed by atoms with van der Waals surface area (Å²) >= 11 is 0. The van der Waals surface area contributed by atoms with Crippen LogP contribution in [0.3, 0.4) is 0 Å². The molecule has 0 aromatic heterocycles. The first kappa shape index (κ1) is 18.4. The van der Waals surface area contributed by atoms with E-state index in [-0.39, 0.29) is 30.7 Å². The minimum absolute atomic E-state index is 0.0579. The van der Waals surface area contributed by atoms with Crippen molar-refractivity contribution in [1.82, 2.24) is 10.2 Å². The number of amides is 2. The van der Waals surface area contributed by atoms with Gasteiger partial charge in [-0.05, 0) is 42.0 Å². The highest BCUT2D eigenvalue weighted by atomic mass is 19.1. The average Bonchev–Trinajstić information content (AvgIpc) is 2.63. The van der Waals surface area contributed by atoms with Gasteiger partial charge >= 0.3 is 0 Å². The van der Waals surface area contributed by atoms with E-state index >= 15 is 0 Å². The maximum atomic E-state index is 12.8. The molecule has 132 valence electrons. The Kier molecular flexibility index (Phi) is 6.51. The van der Waals surface area contributed by atoms with Gasteiger partial charge in [0.25, 0.3) is 5.91 Å². The first-order valence-electron chi connectivity index (χ1n) is 7.93. The Hall–Kier alpha value is -2.89. The molecule has 0 heterocycles. The molecule has 0 unspecified atom stereocenters. The highest BCUT2D eigenvalue weighted by molar-refractivity contribution is 5.93. The minimum atomic E-state index is -0.328. The van der Waals surface area contributed by atoms with E-state index < -0.39 is 0 Å². The maximum absolute atomic E-state index is 12.8. The second-order valence-corrected chi connectivity index (χ2v) is 5.58. The van der Waals surface area contributed by atoms with Crippen LogP contribution in [-0.4, -0.2) is 37.4 Å². The van der Waals surface area contributed by atoms with Gasteiger partial charge in [-0.3, -0.25) is 9.59 Å². The van der Waals surface area contributed by atoms with E-state index in [1.807, 2.05) is 12.1 Å². The number of carbonyl (C=O) groups is 2. The van der Waals surface area contributed by atoms with Crippen molar-refractivity contribution in [2.24, 2.45) is 0 Å². The van der Waals surface area contributed by atoms with Crippen LogP contribution >= 0.6 is 0 Å². The molecule has 2 aromatic carbocycles. The van der Waals surface area contributed by atoms with Crippen molar-refractivity contribution in [1.29, 1.82) is 0 Å².